The van der Waals surface area contributed by atoms with Gasteiger partial charge in [0.1, 0.15) is 5.82 Å². The van der Waals surface area contributed by atoms with Crippen molar-refractivity contribution in [1.29, 1.82) is 0 Å². The monoisotopic (exact) mass is 432 g/mol. The minimum atomic E-state index is -0.657. The fourth-order valence-electron chi connectivity index (χ4n) is 4.15. The summed E-state index contributed by atoms with van der Waals surface area (Å²) >= 11 is 0. The molecule has 0 saturated carbocycles. The Kier molecular flexibility index (Phi) is 5.28. The molecule has 164 valence electrons. The Bertz CT molecular complexity index is 1300. The molecule has 1 aliphatic heterocycles. The van der Waals surface area contributed by atoms with E-state index in [0.29, 0.717) is 34.7 Å². The molecule has 0 atom stereocenters. The molecule has 3 heterocycles. The number of halogens is 1. The molecule has 0 saturated heterocycles. The minimum absolute atomic E-state index is 0.0426. The molecule has 0 amide bonds. The van der Waals surface area contributed by atoms with E-state index < -0.39 is 11.6 Å². The highest BCUT2D eigenvalue weighted by atomic mass is 19.1. The van der Waals surface area contributed by atoms with Crippen LogP contribution in [-0.4, -0.2) is 43.1 Å². The first-order valence-electron chi connectivity index (χ1n) is 10.4. The largest absolute Gasteiger partial charge is 0.361 e. The maximum Gasteiger partial charge on any atom is 0.234 e. The summed E-state index contributed by atoms with van der Waals surface area (Å²) in [5.74, 6) is -0.923. The maximum absolute atomic E-state index is 14.9. The van der Waals surface area contributed by atoms with Gasteiger partial charge in [-0.3, -0.25) is 14.2 Å². The summed E-state index contributed by atoms with van der Waals surface area (Å²) in [5, 5.41) is 0.423. The lowest BCUT2D eigenvalue weighted by atomic mass is 9.98. The van der Waals surface area contributed by atoms with E-state index in [1.807, 2.05) is 18.2 Å². The number of ketones is 2. The van der Waals surface area contributed by atoms with E-state index in [1.54, 1.807) is 23.0 Å². The highest BCUT2D eigenvalue weighted by Gasteiger charge is 2.32. The molecular weight excluding hydrogens is 407 g/mol. The molecule has 0 spiro atoms. The normalized spacial score (nSPS) is 14.1. The van der Waals surface area contributed by atoms with Gasteiger partial charge in [-0.05, 0) is 58.9 Å². The summed E-state index contributed by atoms with van der Waals surface area (Å²) in [7, 11) is 0. The van der Waals surface area contributed by atoms with Gasteiger partial charge in [-0.15, -0.1) is 0 Å². The summed E-state index contributed by atoms with van der Waals surface area (Å²) in [6, 6.07) is 4.46. The Morgan fingerprint density at radius 2 is 1.75 bits per heavy atom. The average Bonchev–Trinajstić information content (AvgIpc) is 3.07. The first-order valence-corrected chi connectivity index (χ1v) is 10.4. The molecule has 0 bridgehead atoms. The van der Waals surface area contributed by atoms with Gasteiger partial charge in [0.2, 0.25) is 5.95 Å². The number of fused-ring (bicyclic) bond motifs is 1. The SMILES string of the molecule is CC(=O)c1cc2c(cc1F)c(C(C)=O)c(C1=CC=CCN1C(C)(C)C)n2-c1ncccn1. The maximum atomic E-state index is 14.9. The molecule has 0 N–H and O–H groups in total. The smallest absolute Gasteiger partial charge is 0.234 e. The first-order chi connectivity index (χ1) is 15.1. The van der Waals surface area contributed by atoms with Crippen LogP contribution in [0.15, 0.2) is 48.8 Å². The Hall–Kier alpha value is -3.61. The van der Waals surface area contributed by atoms with E-state index in [2.05, 4.69) is 35.6 Å². The van der Waals surface area contributed by atoms with Gasteiger partial charge in [-0.2, -0.15) is 0 Å². The number of benzene rings is 1. The van der Waals surface area contributed by atoms with E-state index in [0.717, 1.165) is 5.70 Å². The number of carbonyl (C=O) groups excluding carboxylic acids is 2. The van der Waals surface area contributed by atoms with Gasteiger partial charge < -0.3 is 4.90 Å². The summed E-state index contributed by atoms with van der Waals surface area (Å²) in [5.41, 5.74) is 1.97. The second-order valence-corrected chi connectivity index (χ2v) is 8.83. The Balaban J connectivity index is 2.20. The van der Waals surface area contributed by atoms with Gasteiger partial charge in [-0.1, -0.05) is 12.2 Å². The lowest BCUT2D eigenvalue weighted by molar-refractivity contribution is 0.100. The number of allylic oxidation sites excluding steroid dienone is 2. The lowest BCUT2D eigenvalue weighted by Gasteiger charge is -2.40. The molecule has 0 unspecified atom stereocenters. The molecule has 4 rings (SSSR count). The zero-order chi connectivity index (χ0) is 23.2. The van der Waals surface area contributed by atoms with Crippen LogP contribution in [-0.2, 0) is 0 Å². The van der Waals surface area contributed by atoms with E-state index in [4.69, 9.17) is 0 Å². The van der Waals surface area contributed by atoms with E-state index in [-0.39, 0.29) is 16.9 Å². The third kappa shape index (κ3) is 3.53. The molecule has 32 heavy (non-hydrogen) atoms. The Morgan fingerprint density at radius 1 is 1.06 bits per heavy atom. The number of nitrogens with zero attached hydrogens (tertiary/aromatic N) is 4. The van der Waals surface area contributed by atoms with Crippen molar-refractivity contribution in [2.75, 3.05) is 6.54 Å². The van der Waals surface area contributed by atoms with Crippen molar-refractivity contribution in [1.82, 2.24) is 19.4 Å². The van der Waals surface area contributed by atoms with Crippen LogP contribution in [0.1, 0.15) is 61.0 Å². The molecule has 1 aliphatic rings. The highest BCUT2D eigenvalue weighted by molar-refractivity contribution is 6.13. The number of hydrogen-bond donors (Lipinski definition) is 0. The van der Waals surface area contributed by atoms with Gasteiger partial charge in [0.25, 0.3) is 0 Å². The van der Waals surface area contributed by atoms with Crippen LogP contribution >= 0.6 is 0 Å². The van der Waals surface area contributed by atoms with Crippen LogP contribution < -0.4 is 0 Å². The quantitative estimate of drug-likeness (QED) is 0.544. The molecule has 0 aliphatic carbocycles. The van der Waals surface area contributed by atoms with Gasteiger partial charge in [-0.25, -0.2) is 14.4 Å². The van der Waals surface area contributed by atoms with Crippen LogP contribution in [0.2, 0.25) is 0 Å². The number of rotatable bonds is 4. The van der Waals surface area contributed by atoms with Gasteiger partial charge in [0.15, 0.2) is 11.6 Å². The van der Waals surface area contributed by atoms with E-state index in [9.17, 15) is 14.0 Å². The highest BCUT2D eigenvalue weighted by Crippen LogP contribution is 2.39. The van der Waals surface area contributed by atoms with Crippen molar-refractivity contribution in [3.8, 4) is 5.95 Å². The summed E-state index contributed by atoms with van der Waals surface area (Å²) in [6.07, 6.45) is 9.14. The number of hydrogen-bond acceptors (Lipinski definition) is 5. The topological polar surface area (TPSA) is 68.1 Å². The standard InChI is InChI=1S/C25H25FN4O2/c1-15(31)17-14-21-18(13-19(17)26)22(16(2)32)23(30(21)24-27-10-8-11-28-24)20-9-6-7-12-29(20)25(3,4)5/h6-11,13-14H,12H2,1-5H3. The molecule has 2 aromatic heterocycles. The fourth-order valence-corrected chi connectivity index (χ4v) is 4.15. The third-order valence-electron chi connectivity index (χ3n) is 5.56. The van der Waals surface area contributed by atoms with Crippen LogP contribution in [0.25, 0.3) is 22.5 Å². The van der Waals surface area contributed by atoms with Crippen molar-refractivity contribution in [3.05, 3.63) is 71.5 Å². The van der Waals surface area contributed by atoms with Crippen LogP contribution in [0.3, 0.4) is 0 Å². The fraction of sp³-hybridized carbons (Fsp3) is 0.280. The molecular formula is C25H25FN4O2. The lowest BCUT2D eigenvalue weighted by Crippen LogP contribution is -2.41. The minimum Gasteiger partial charge on any atom is -0.361 e. The first kappa shape index (κ1) is 21.6. The molecule has 0 fully saturated rings. The third-order valence-corrected chi connectivity index (χ3v) is 5.56. The van der Waals surface area contributed by atoms with E-state index in [1.165, 1.54) is 26.0 Å². The molecule has 0 radical (unpaired) electrons. The van der Waals surface area contributed by atoms with Gasteiger partial charge >= 0.3 is 0 Å². The van der Waals surface area contributed by atoms with Crippen LogP contribution in [0.5, 0.6) is 0 Å². The van der Waals surface area contributed by atoms with Crippen LogP contribution in [0.4, 0.5) is 4.39 Å². The number of aromatic nitrogens is 3. The van der Waals surface area contributed by atoms with Crippen molar-refractivity contribution >= 4 is 28.2 Å². The summed E-state index contributed by atoms with van der Waals surface area (Å²) < 4.78 is 16.6. The summed E-state index contributed by atoms with van der Waals surface area (Å²) in [6.45, 7) is 9.70. The van der Waals surface area contributed by atoms with Crippen molar-refractivity contribution in [2.45, 2.75) is 40.2 Å². The summed E-state index contributed by atoms with van der Waals surface area (Å²) in [4.78, 5) is 36.0. The van der Waals surface area contributed by atoms with E-state index >= 15 is 0 Å². The molecule has 1 aromatic carbocycles. The molecule has 6 nitrogen and oxygen atoms in total. The average molecular weight is 432 g/mol. The zero-order valence-corrected chi connectivity index (χ0v) is 18.8. The Morgan fingerprint density at radius 3 is 2.34 bits per heavy atom. The number of carbonyl (C=O) groups is 2. The predicted molar refractivity (Wildman–Crippen MR) is 122 cm³/mol. The molecule has 7 heteroatoms. The second kappa shape index (κ2) is 7.82. The second-order valence-electron chi connectivity index (χ2n) is 8.83. The van der Waals surface area contributed by atoms with Crippen molar-refractivity contribution in [2.24, 2.45) is 0 Å². The predicted octanol–water partition coefficient (Wildman–Crippen LogP) is 4.98. The van der Waals surface area contributed by atoms with Gasteiger partial charge in [0, 0.05) is 29.9 Å². The van der Waals surface area contributed by atoms with Crippen molar-refractivity contribution < 1.29 is 14.0 Å². The Labute approximate surface area is 186 Å². The van der Waals surface area contributed by atoms with Crippen LogP contribution in [0, 0.1) is 5.82 Å². The number of Topliss-reactive ketones (excluding diaryl/α,β-unsaturated/α-hetero) is 2. The zero-order valence-electron chi connectivity index (χ0n) is 18.8. The van der Waals surface area contributed by atoms with Crippen molar-refractivity contribution in [3.63, 3.8) is 0 Å². The van der Waals surface area contributed by atoms with Gasteiger partial charge in [0.05, 0.1) is 28.0 Å². The molecule has 3 aromatic rings.